The minimum absolute atomic E-state index is 0.0110. The average Bonchev–Trinajstić information content (AvgIpc) is 2.42. The van der Waals surface area contributed by atoms with Crippen molar-refractivity contribution in [3.05, 3.63) is 23.2 Å². The van der Waals surface area contributed by atoms with Crippen LogP contribution in [0.5, 0.6) is 0 Å². The first kappa shape index (κ1) is 14.5. The topological polar surface area (TPSA) is 55.1 Å². The standard InChI is InChI=1S/C14H19ClN2OS/c15-12-7-6-10(16)8-13(12)17-14(18)9-19-11-4-2-1-3-5-11/h6-8,11H,1-5,9,16H2,(H,17,18). The predicted molar refractivity (Wildman–Crippen MR) is 83.8 cm³/mol. The van der Waals surface area contributed by atoms with Crippen molar-refractivity contribution >= 4 is 40.6 Å². The fraction of sp³-hybridized carbons (Fsp3) is 0.500. The van der Waals surface area contributed by atoms with E-state index < -0.39 is 0 Å². The van der Waals surface area contributed by atoms with Gasteiger partial charge in [0, 0.05) is 10.9 Å². The van der Waals surface area contributed by atoms with Crippen LogP contribution in [0.2, 0.25) is 5.02 Å². The summed E-state index contributed by atoms with van der Waals surface area (Å²) in [5.41, 5.74) is 6.87. The number of carbonyl (C=O) groups excluding carboxylic acids is 1. The van der Waals surface area contributed by atoms with Crippen molar-refractivity contribution in [1.82, 2.24) is 0 Å². The molecule has 1 aliphatic rings. The number of halogens is 1. The highest BCUT2D eigenvalue weighted by Gasteiger charge is 2.15. The SMILES string of the molecule is Nc1ccc(Cl)c(NC(=O)CSC2CCCCC2)c1. The Bertz CT molecular complexity index is 447. The Morgan fingerprint density at radius 3 is 2.84 bits per heavy atom. The fourth-order valence-electron chi connectivity index (χ4n) is 2.25. The van der Waals surface area contributed by atoms with Gasteiger partial charge in [0.2, 0.25) is 5.91 Å². The van der Waals surface area contributed by atoms with E-state index in [1.807, 2.05) is 0 Å². The van der Waals surface area contributed by atoms with E-state index in [1.54, 1.807) is 30.0 Å². The maximum absolute atomic E-state index is 11.9. The summed E-state index contributed by atoms with van der Waals surface area (Å²) in [6.45, 7) is 0. The minimum atomic E-state index is -0.0110. The molecule has 3 N–H and O–H groups in total. The van der Waals surface area contributed by atoms with Crippen molar-refractivity contribution in [2.24, 2.45) is 0 Å². The van der Waals surface area contributed by atoms with Crippen LogP contribution in [0.15, 0.2) is 18.2 Å². The number of nitrogen functional groups attached to an aromatic ring is 1. The Balaban J connectivity index is 1.81. The van der Waals surface area contributed by atoms with Gasteiger partial charge in [-0.1, -0.05) is 30.9 Å². The molecule has 0 aliphatic heterocycles. The number of amides is 1. The summed E-state index contributed by atoms with van der Waals surface area (Å²) in [4.78, 5) is 11.9. The molecule has 0 bridgehead atoms. The van der Waals surface area contributed by atoms with Crippen LogP contribution in [0.1, 0.15) is 32.1 Å². The van der Waals surface area contributed by atoms with E-state index in [1.165, 1.54) is 32.1 Å². The Labute approximate surface area is 123 Å². The van der Waals surface area contributed by atoms with Gasteiger partial charge in [-0.3, -0.25) is 4.79 Å². The normalized spacial score (nSPS) is 16.3. The summed E-state index contributed by atoms with van der Waals surface area (Å²) in [6, 6.07) is 5.10. The summed E-state index contributed by atoms with van der Waals surface area (Å²) in [6.07, 6.45) is 6.39. The van der Waals surface area contributed by atoms with Crippen LogP contribution >= 0.6 is 23.4 Å². The van der Waals surface area contributed by atoms with Gasteiger partial charge in [-0.25, -0.2) is 0 Å². The van der Waals surface area contributed by atoms with Gasteiger partial charge in [0.1, 0.15) is 0 Å². The predicted octanol–water partition coefficient (Wildman–Crippen LogP) is 3.93. The molecule has 2 rings (SSSR count). The summed E-state index contributed by atoms with van der Waals surface area (Å²) >= 11 is 7.76. The second-order valence-corrected chi connectivity index (χ2v) is 6.55. The molecule has 19 heavy (non-hydrogen) atoms. The number of hydrogen-bond donors (Lipinski definition) is 2. The van der Waals surface area contributed by atoms with Gasteiger partial charge < -0.3 is 11.1 Å². The molecule has 0 radical (unpaired) electrons. The molecule has 104 valence electrons. The number of anilines is 2. The number of carbonyl (C=O) groups is 1. The molecule has 1 amide bonds. The number of nitrogens with one attached hydrogen (secondary N) is 1. The van der Waals surface area contributed by atoms with E-state index in [-0.39, 0.29) is 5.91 Å². The second-order valence-electron chi connectivity index (χ2n) is 4.86. The number of thioether (sulfide) groups is 1. The van der Waals surface area contributed by atoms with Crippen LogP contribution in [0.4, 0.5) is 11.4 Å². The molecule has 3 nitrogen and oxygen atoms in total. The van der Waals surface area contributed by atoms with Crippen LogP contribution < -0.4 is 11.1 Å². The maximum atomic E-state index is 11.9. The first-order valence-corrected chi connectivity index (χ1v) is 8.04. The molecule has 5 heteroatoms. The van der Waals surface area contributed by atoms with Crippen molar-refractivity contribution in [2.45, 2.75) is 37.4 Å². The van der Waals surface area contributed by atoms with Crippen LogP contribution in [0, 0.1) is 0 Å². The molecule has 1 aromatic rings. The van der Waals surface area contributed by atoms with Gasteiger partial charge in [0.15, 0.2) is 0 Å². The zero-order valence-corrected chi connectivity index (χ0v) is 12.4. The third kappa shape index (κ3) is 4.62. The quantitative estimate of drug-likeness (QED) is 0.828. The number of benzene rings is 1. The van der Waals surface area contributed by atoms with Crippen molar-refractivity contribution in [2.75, 3.05) is 16.8 Å². The van der Waals surface area contributed by atoms with Crippen LogP contribution in [0.25, 0.3) is 0 Å². The van der Waals surface area contributed by atoms with Crippen LogP contribution in [-0.4, -0.2) is 16.9 Å². The lowest BCUT2D eigenvalue weighted by molar-refractivity contribution is -0.113. The fourth-order valence-corrected chi connectivity index (χ4v) is 3.54. The van der Waals surface area contributed by atoms with E-state index >= 15 is 0 Å². The van der Waals surface area contributed by atoms with Gasteiger partial charge >= 0.3 is 0 Å². The molecule has 1 aliphatic carbocycles. The number of hydrogen-bond acceptors (Lipinski definition) is 3. The third-order valence-electron chi connectivity index (χ3n) is 3.27. The zero-order valence-electron chi connectivity index (χ0n) is 10.8. The van der Waals surface area contributed by atoms with Crippen LogP contribution in [0.3, 0.4) is 0 Å². The van der Waals surface area contributed by atoms with Crippen LogP contribution in [-0.2, 0) is 4.79 Å². The van der Waals surface area contributed by atoms with Crippen molar-refractivity contribution in [3.63, 3.8) is 0 Å². The largest absolute Gasteiger partial charge is 0.399 e. The lowest BCUT2D eigenvalue weighted by atomic mass is 10.0. The average molecular weight is 299 g/mol. The molecule has 1 fully saturated rings. The first-order chi connectivity index (χ1) is 9.15. The van der Waals surface area contributed by atoms with Gasteiger partial charge in [-0.05, 0) is 31.0 Å². The van der Waals surface area contributed by atoms with Crippen molar-refractivity contribution in [3.8, 4) is 0 Å². The molecule has 0 spiro atoms. The highest BCUT2D eigenvalue weighted by molar-refractivity contribution is 8.00. The number of rotatable bonds is 4. The molecule has 0 heterocycles. The van der Waals surface area contributed by atoms with Gasteiger partial charge in [0.25, 0.3) is 0 Å². The summed E-state index contributed by atoms with van der Waals surface area (Å²) in [5.74, 6) is 0.471. The van der Waals surface area contributed by atoms with E-state index in [0.29, 0.717) is 27.4 Å². The lowest BCUT2D eigenvalue weighted by Gasteiger charge is -2.20. The third-order valence-corrected chi connectivity index (χ3v) is 4.97. The molecule has 0 aromatic heterocycles. The Morgan fingerprint density at radius 1 is 1.37 bits per heavy atom. The zero-order chi connectivity index (χ0) is 13.7. The Hall–Kier alpha value is -0.870. The van der Waals surface area contributed by atoms with Gasteiger partial charge in [-0.2, -0.15) is 0 Å². The lowest BCUT2D eigenvalue weighted by Crippen LogP contribution is -2.18. The van der Waals surface area contributed by atoms with E-state index in [2.05, 4.69) is 5.32 Å². The molecule has 1 saturated carbocycles. The van der Waals surface area contributed by atoms with E-state index in [4.69, 9.17) is 17.3 Å². The van der Waals surface area contributed by atoms with E-state index in [9.17, 15) is 4.79 Å². The molecule has 0 unspecified atom stereocenters. The van der Waals surface area contributed by atoms with Crippen molar-refractivity contribution in [1.29, 1.82) is 0 Å². The Kier molecular flexibility index (Phi) is 5.40. The summed E-state index contributed by atoms with van der Waals surface area (Å²) in [7, 11) is 0. The number of nitrogens with two attached hydrogens (primary N) is 1. The Morgan fingerprint density at radius 2 is 2.11 bits per heavy atom. The highest BCUT2D eigenvalue weighted by atomic mass is 35.5. The molecular weight excluding hydrogens is 280 g/mol. The van der Waals surface area contributed by atoms with E-state index in [0.717, 1.165) is 0 Å². The minimum Gasteiger partial charge on any atom is -0.399 e. The second kappa shape index (κ2) is 7.06. The van der Waals surface area contributed by atoms with Crippen molar-refractivity contribution < 1.29 is 4.79 Å². The maximum Gasteiger partial charge on any atom is 0.234 e. The molecule has 0 saturated heterocycles. The monoisotopic (exact) mass is 298 g/mol. The van der Waals surface area contributed by atoms with Gasteiger partial charge in [0.05, 0.1) is 16.5 Å². The summed E-state index contributed by atoms with van der Waals surface area (Å²) in [5, 5.41) is 3.97. The molecule has 1 aromatic carbocycles. The molecule has 0 atom stereocenters. The first-order valence-electron chi connectivity index (χ1n) is 6.61. The molecular formula is C14H19ClN2OS. The summed E-state index contributed by atoms with van der Waals surface area (Å²) < 4.78 is 0. The smallest absolute Gasteiger partial charge is 0.234 e. The van der Waals surface area contributed by atoms with Gasteiger partial charge in [-0.15, -0.1) is 11.8 Å². The highest BCUT2D eigenvalue weighted by Crippen LogP contribution is 2.29.